The highest BCUT2D eigenvalue weighted by atomic mass is 16.2. The monoisotopic (exact) mass is 389 g/mol. The number of amides is 1. The quantitative estimate of drug-likeness (QED) is 0.588. The zero-order valence-electron chi connectivity index (χ0n) is 18.7. The van der Waals surface area contributed by atoms with Crippen LogP contribution < -0.4 is 4.90 Å². The summed E-state index contributed by atoms with van der Waals surface area (Å²) in [6.07, 6.45) is 5.49. The average molecular weight is 390 g/mol. The number of rotatable bonds is 3. The van der Waals surface area contributed by atoms with Crippen molar-refractivity contribution in [2.45, 2.75) is 71.1 Å². The van der Waals surface area contributed by atoms with Gasteiger partial charge in [0.25, 0.3) is 0 Å². The summed E-state index contributed by atoms with van der Waals surface area (Å²) in [5, 5.41) is 0. The Hall–Kier alpha value is -2.09. The van der Waals surface area contributed by atoms with Gasteiger partial charge in [0, 0.05) is 12.7 Å². The zero-order chi connectivity index (χ0) is 20.8. The van der Waals surface area contributed by atoms with Crippen LogP contribution in [0.2, 0.25) is 0 Å². The van der Waals surface area contributed by atoms with Crippen LogP contribution in [0.1, 0.15) is 76.0 Å². The van der Waals surface area contributed by atoms with Crippen LogP contribution in [-0.4, -0.2) is 13.0 Å². The van der Waals surface area contributed by atoms with Crippen molar-refractivity contribution >= 4 is 11.6 Å². The van der Waals surface area contributed by atoms with Crippen LogP contribution in [-0.2, 0) is 16.6 Å². The number of para-hydroxylation sites is 1. The van der Waals surface area contributed by atoms with Crippen molar-refractivity contribution in [3.8, 4) is 0 Å². The van der Waals surface area contributed by atoms with Crippen LogP contribution in [0.3, 0.4) is 0 Å². The molecule has 2 aromatic rings. The van der Waals surface area contributed by atoms with E-state index in [-0.39, 0.29) is 16.7 Å². The van der Waals surface area contributed by atoms with Gasteiger partial charge in [0.15, 0.2) is 0 Å². The second-order valence-corrected chi connectivity index (χ2v) is 10.1. The molecule has 1 saturated carbocycles. The Labute approximate surface area is 176 Å². The lowest BCUT2D eigenvalue weighted by Gasteiger charge is -2.55. The lowest BCUT2D eigenvalue weighted by Crippen LogP contribution is -2.55. The molecule has 0 N–H and O–H groups in total. The van der Waals surface area contributed by atoms with Crippen molar-refractivity contribution in [3.05, 3.63) is 65.2 Å². The predicted molar refractivity (Wildman–Crippen MR) is 122 cm³/mol. The largest absolute Gasteiger partial charge is 0.315 e. The van der Waals surface area contributed by atoms with Crippen molar-refractivity contribution in [1.29, 1.82) is 0 Å². The molecule has 0 saturated heterocycles. The van der Waals surface area contributed by atoms with E-state index < -0.39 is 0 Å². The molecule has 0 unspecified atom stereocenters. The van der Waals surface area contributed by atoms with Gasteiger partial charge in [0.05, 0.1) is 5.41 Å². The standard InChI is InChI=1S/C27H35NO/c1-19(2)20-12-14-23-21(18-20)13-15-24-26(23,3)16-9-17-27(24,4)25(29)28(5)22-10-7-6-8-11-22/h6-8,10-12,14,18-19,24H,9,13,15-17H2,1-5H3/t24-,26-,27+/m1/s1. The minimum atomic E-state index is -0.313. The molecule has 29 heavy (non-hydrogen) atoms. The molecule has 2 aliphatic carbocycles. The number of anilines is 1. The number of benzene rings is 2. The molecule has 0 aromatic heterocycles. The molecule has 4 rings (SSSR count). The van der Waals surface area contributed by atoms with Gasteiger partial charge in [-0.1, -0.05) is 70.5 Å². The average Bonchev–Trinajstić information content (AvgIpc) is 2.72. The number of hydrogen-bond donors (Lipinski definition) is 0. The van der Waals surface area contributed by atoms with E-state index in [1.54, 1.807) is 0 Å². The molecule has 0 spiro atoms. The second kappa shape index (κ2) is 7.31. The number of hydrogen-bond acceptors (Lipinski definition) is 1. The predicted octanol–water partition coefficient (Wildman–Crippen LogP) is 6.48. The Balaban J connectivity index is 1.71. The van der Waals surface area contributed by atoms with E-state index in [1.807, 2.05) is 42.3 Å². The van der Waals surface area contributed by atoms with Crippen molar-refractivity contribution in [3.63, 3.8) is 0 Å². The lowest BCUT2D eigenvalue weighted by atomic mass is 9.49. The Bertz CT molecular complexity index is 902. The van der Waals surface area contributed by atoms with Crippen LogP contribution in [0.25, 0.3) is 0 Å². The van der Waals surface area contributed by atoms with Crippen LogP contribution >= 0.6 is 0 Å². The number of carbonyl (C=O) groups excluding carboxylic acids is 1. The molecular weight excluding hydrogens is 354 g/mol. The minimum Gasteiger partial charge on any atom is -0.315 e. The van der Waals surface area contributed by atoms with Gasteiger partial charge in [0.1, 0.15) is 0 Å². The number of nitrogens with zero attached hydrogens (tertiary/aromatic N) is 1. The Morgan fingerprint density at radius 2 is 1.79 bits per heavy atom. The fourth-order valence-electron chi connectivity index (χ4n) is 6.28. The summed E-state index contributed by atoms with van der Waals surface area (Å²) < 4.78 is 0. The van der Waals surface area contributed by atoms with Crippen LogP contribution in [0.15, 0.2) is 48.5 Å². The third-order valence-electron chi connectivity index (χ3n) is 7.98. The Kier molecular flexibility index (Phi) is 5.09. The third kappa shape index (κ3) is 3.21. The van der Waals surface area contributed by atoms with Gasteiger partial charge in [-0.3, -0.25) is 4.79 Å². The highest BCUT2D eigenvalue weighted by molar-refractivity contribution is 5.97. The normalized spacial score (nSPS) is 28.6. The summed E-state index contributed by atoms with van der Waals surface area (Å²) >= 11 is 0. The van der Waals surface area contributed by atoms with E-state index >= 15 is 0 Å². The van der Waals surface area contributed by atoms with Gasteiger partial charge in [-0.05, 0) is 71.8 Å². The van der Waals surface area contributed by atoms with E-state index in [0.29, 0.717) is 11.8 Å². The van der Waals surface area contributed by atoms with E-state index in [2.05, 4.69) is 45.9 Å². The van der Waals surface area contributed by atoms with Crippen molar-refractivity contribution < 1.29 is 4.79 Å². The van der Waals surface area contributed by atoms with Gasteiger partial charge >= 0.3 is 0 Å². The number of carbonyl (C=O) groups is 1. The summed E-state index contributed by atoms with van der Waals surface area (Å²) in [6.45, 7) is 9.21. The van der Waals surface area contributed by atoms with Gasteiger partial charge in [-0.2, -0.15) is 0 Å². The summed E-state index contributed by atoms with van der Waals surface area (Å²) in [7, 11) is 1.94. The molecule has 3 atom stereocenters. The maximum absolute atomic E-state index is 13.8. The Morgan fingerprint density at radius 1 is 1.07 bits per heavy atom. The van der Waals surface area contributed by atoms with E-state index in [9.17, 15) is 4.79 Å². The molecule has 0 radical (unpaired) electrons. The maximum atomic E-state index is 13.8. The molecule has 0 aliphatic heterocycles. The van der Waals surface area contributed by atoms with Gasteiger partial charge in [0.2, 0.25) is 5.91 Å². The lowest BCUT2D eigenvalue weighted by molar-refractivity contribution is -0.135. The highest BCUT2D eigenvalue weighted by Crippen LogP contribution is 2.58. The third-order valence-corrected chi connectivity index (χ3v) is 7.98. The zero-order valence-corrected chi connectivity index (χ0v) is 18.7. The molecule has 2 aliphatic rings. The molecular formula is C27H35NO. The Morgan fingerprint density at radius 3 is 2.48 bits per heavy atom. The summed E-state index contributed by atoms with van der Waals surface area (Å²) in [6, 6.07) is 17.2. The van der Waals surface area contributed by atoms with E-state index in [0.717, 1.165) is 31.4 Å². The first-order valence-corrected chi connectivity index (χ1v) is 11.2. The van der Waals surface area contributed by atoms with Crippen LogP contribution in [0.5, 0.6) is 0 Å². The highest BCUT2D eigenvalue weighted by Gasteiger charge is 2.55. The topological polar surface area (TPSA) is 20.3 Å². The van der Waals surface area contributed by atoms with Gasteiger partial charge < -0.3 is 4.90 Å². The number of fused-ring (bicyclic) bond motifs is 3. The molecule has 2 heteroatoms. The first-order chi connectivity index (χ1) is 13.8. The smallest absolute Gasteiger partial charge is 0.232 e. The van der Waals surface area contributed by atoms with Gasteiger partial charge in [-0.15, -0.1) is 0 Å². The minimum absolute atomic E-state index is 0.0866. The fraction of sp³-hybridized carbons (Fsp3) is 0.519. The first kappa shape index (κ1) is 20.2. The molecule has 154 valence electrons. The van der Waals surface area contributed by atoms with Crippen LogP contribution in [0.4, 0.5) is 5.69 Å². The van der Waals surface area contributed by atoms with E-state index in [4.69, 9.17) is 0 Å². The van der Waals surface area contributed by atoms with Crippen molar-refractivity contribution in [1.82, 2.24) is 0 Å². The SMILES string of the molecule is CC(C)c1ccc2c(c1)CC[C@H]1[C@@](C)(C(=O)N(C)c3ccccc3)CCC[C@]21C. The summed E-state index contributed by atoms with van der Waals surface area (Å²) in [5.74, 6) is 1.23. The first-order valence-electron chi connectivity index (χ1n) is 11.2. The molecule has 2 nitrogen and oxygen atoms in total. The van der Waals surface area contributed by atoms with Crippen molar-refractivity contribution in [2.24, 2.45) is 11.3 Å². The second-order valence-electron chi connectivity index (χ2n) is 10.1. The summed E-state index contributed by atoms with van der Waals surface area (Å²) in [4.78, 5) is 15.7. The van der Waals surface area contributed by atoms with E-state index in [1.165, 1.54) is 23.1 Å². The van der Waals surface area contributed by atoms with Crippen molar-refractivity contribution in [2.75, 3.05) is 11.9 Å². The molecule has 1 fully saturated rings. The molecule has 2 aromatic carbocycles. The number of aryl methyl sites for hydroxylation is 1. The molecule has 1 amide bonds. The fourth-order valence-corrected chi connectivity index (χ4v) is 6.28. The maximum Gasteiger partial charge on any atom is 0.232 e. The van der Waals surface area contributed by atoms with Crippen LogP contribution in [0, 0.1) is 11.3 Å². The van der Waals surface area contributed by atoms with Gasteiger partial charge in [-0.25, -0.2) is 0 Å². The summed E-state index contributed by atoms with van der Waals surface area (Å²) in [5.41, 5.74) is 5.21. The molecule has 0 bridgehead atoms. The molecule has 0 heterocycles.